The predicted molar refractivity (Wildman–Crippen MR) is 119 cm³/mol. The third-order valence-corrected chi connectivity index (χ3v) is 5.49. The molecule has 1 amide bonds. The number of benzene rings is 2. The lowest BCUT2D eigenvalue weighted by atomic mass is 10.1. The van der Waals surface area contributed by atoms with Crippen molar-refractivity contribution < 1.29 is 4.79 Å². The molecule has 1 heterocycles. The quantitative estimate of drug-likeness (QED) is 0.507. The number of rotatable bonds is 9. The van der Waals surface area contributed by atoms with E-state index in [1.807, 2.05) is 47.0 Å². The number of nitrogens with zero attached hydrogens (tertiary/aromatic N) is 3. The molecule has 0 aliphatic rings. The number of aromatic nitrogens is 3. The SMILES string of the molecule is CC(C)CNC(=O)CSc1nnc(CCc2ccccc2)n1-c1ccc(Cl)cc1. The van der Waals surface area contributed by atoms with Crippen molar-refractivity contribution in [3.05, 3.63) is 71.0 Å². The van der Waals surface area contributed by atoms with E-state index in [0.717, 1.165) is 24.4 Å². The highest BCUT2D eigenvalue weighted by molar-refractivity contribution is 7.99. The summed E-state index contributed by atoms with van der Waals surface area (Å²) in [6.07, 6.45) is 1.62. The molecule has 0 saturated carbocycles. The van der Waals surface area contributed by atoms with Gasteiger partial charge in [-0.1, -0.05) is 67.5 Å². The number of nitrogens with one attached hydrogen (secondary N) is 1. The number of carbonyl (C=O) groups excluding carboxylic acids is 1. The fraction of sp³-hybridized carbons (Fsp3) is 0.318. The summed E-state index contributed by atoms with van der Waals surface area (Å²) in [4.78, 5) is 12.1. The molecule has 1 N–H and O–H groups in total. The highest BCUT2D eigenvalue weighted by Gasteiger charge is 2.16. The summed E-state index contributed by atoms with van der Waals surface area (Å²) in [6, 6.07) is 17.9. The van der Waals surface area contributed by atoms with Crippen molar-refractivity contribution in [2.45, 2.75) is 31.8 Å². The van der Waals surface area contributed by atoms with E-state index in [0.29, 0.717) is 28.4 Å². The van der Waals surface area contributed by atoms with Gasteiger partial charge in [-0.2, -0.15) is 0 Å². The van der Waals surface area contributed by atoms with Crippen molar-refractivity contribution >= 4 is 29.3 Å². The molecule has 3 aromatic rings. The first-order valence-corrected chi connectivity index (χ1v) is 11.0. The van der Waals surface area contributed by atoms with Crippen LogP contribution >= 0.6 is 23.4 Å². The third kappa shape index (κ3) is 6.34. The zero-order valence-corrected chi connectivity index (χ0v) is 18.2. The highest BCUT2D eigenvalue weighted by Crippen LogP contribution is 2.24. The Kier molecular flexibility index (Phi) is 7.72. The molecular weight excluding hydrogens is 404 g/mol. The van der Waals surface area contributed by atoms with E-state index < -0.39 is 0 Å². The number of amides is 1. The van der Waals surface area contributed by atoms with Crippen LogP contribution in [-0.4, -0.2) is 33.0 Å². The van der Waals surface area contributed by atoms with E-state index >= 15 is 0 Å². The maximum absolute atomic E-state index is 12.1. The molecule has 0 bridgehead atoms. The molecular formula is C22H25ClN4OS. The average Bonchev–Trinajstić information content (AvgIpc) is 3.13. The van der Waals surface area contributed by atoms with Gasteiger partial charge in [-0.3, -0.25) is 9.36 Å². The maximum Gasteiger partial charge on any atom is 0.230 e. The summed E-state index contributed by atoms with van der Waals surface area (Å²) in [5.41, 5.74) is 2.19. The van der Waals surface area contributed by atoms with Crippen LogP contribution in [0.4, 0.5) is 0 Å². The van der Waals surface area contributed by atoms with Crippen molar-refractivity contribution in [2.24, 2.45) is 5.92 Å². The van der Waals surface area contributed by atoms with Gasteiger partial charge in [0.15, 0.2) is 5.16 Å². The van der Waals surface area contributed by atoms with Crippen LogP contribution in [0.15, 0.2) is 59.8 Å². The van der Waals surface area contributed by atoms with Crippen molar-refractivity contribution in [3.63, 3.8) is 0 Å². The number of aryl methyl sites for hydroxylation is 2. The van der Waals surface area contributed by atoms with Gasteiger partial charge in [0.25, 0.3) is 0 Å². The first-order valence-electron chi connectivity index (χ1n) is 9.66. The van der Waals surface area contributed by atoms with Gasteiger partial charge in [-0.15, -0.1) is 10.2 Å². The number of thioether (sulfide) groups is 1. The van der Waals surface area contributed by atoms with Gasteiger partial charge in [-0.25, -0.2) is 0 Å². The van der Waals surface area contributed by atoms with Crippen molar-refractivity contribution in [1.29, 1.82) is 0 Å². The molecule has 0 radical (unpaired) electrons. The zero-order chi connectivity index (χ0) is 20.6. The summed E-state index contributed by atoms with van der Waals surface area (Å²) in [6.45, 7) is 4.82. The van der Waals surface area contributed by atoms with Gasteiger partial charge in [-0.05, 0) is 42.2 Å². The van der Waals surface area contributed by atoms with Crippen LogP contribution in [0.3, 0.4) is 0 Å². The normalized spacial score (nSPS) is 11.0. The second-order valence-electron chi connectivity index (χ2n) is 7.18. The summed E-state index contributed by atoms with van der Waals surface area (Å²) >= 11 is 7.45. The molecule has 5 nitrogen and oxygen atoms in total. The van der Waals surface area contributed by atoms with E-state index in [2.05, 4.69) is 41.5 Å². The van der Waals surface area contributed by atoms with Crippen molar-refractivity contribution in [3.8, 4) is 5.69 Å². The summed E-state index contributed by atoms with van der Waals surface area (Å²) in [7, 11) is 0. The maximum atomic E-state index is 12.1. The predicted octanol–water partition coefficient (Wildman–Crippen LogP) is 4.57. The second kappa shape index (κ2) is 10.5. The van der Waals surface area contributed by atoms with Crippen molar-refractivity contribution in [1.82, 2.24) is 20.1 Å². The Balaban J connectivity index is 1.77. The zero-order valence-electron chi connectivity index (χ0n) is 16.6. The minimum absolute atomic E-state index is 0.000177. The Morgan fingerprint density at radius 2 is 1.79 bits per heavy atom. The molecule has 3 rings (SSSR count). The molecule has 0 atom stereocenters. The van der Waals surface area contributed by atoms with E-state index in [1.165, 1.54) is 17.3 Å². The van der Waals surface area contributed by atoms with Gasteiger partial charge in [0.05, 0.1) is 5.75 Å². The van der Waals surface area contributed by atoms with Crippen LogP contribution in [0.5, 0.6) is 0 Å². The molecule has 152 valence electrons. The van der Waals surface area contributed by atoms with Gasteiger partial charge in [0.2, 0.25) is 5.91 Å². The average molecular weight is 429 g/mol. The summed E-state index contributed by atoms with van der Waals surface area (Å²) in [5.74, 6) is 1.59. The number of hydrogen-bond acceptors (Lipinski definition) is 4. The largest absolute Gasteiger partial charge is 0.355 e. The molecule has 0 spiro atoms. The third-order valence-electron chi connectivity index (χ3n) is 4.31. The monoisotopic (exact) mass is 428 g/mol. The lowest BCUT2D eigenvalue weighted by Gasteiger charge is -2.11. The number of carbonyl (C=O) groups is 1. The Bertz CT molecular complexity index is 926. The van der Waals surface area contributed by atoms with E-state index in [1.54, 1.807) is 0 Å². The van der Waals surface area contributed by atoms with Gasteiger partial charge in [0, 0.05) is 23.7 Å². The Morgan fingerprint density at radius 3 is 2.48 bits per heavy atom. The molecule has 29 heavy (non-hydrogen) atoms. The minimum atomic E-state index is 0.000177. The molecule has 0 aliphatic carbocycles. The first-order chi connectivity index (χ1) is 14.0. The van der Waals surface area contributed by atoms with Crippen LogP contribution < -0.4 is 5.32 Å². The van der Waals surface area contributed by atoms with E-state index in [-0.39, 0.29) is 5.91 Å². The fourth-order valence-corrected chi connectivity index (χ4v) is 3.73. The van der Waals surface area contributed by atoms with Gasteiger partial charge >= 0.3 is 0 Å². The lowest BCUT2D eigenvalue weighted by molar-refractivity contribution is -0.118. The highest BCUT2D eigenvalue weighted by atomic mass is 35.5. The lowest BCUT2D eigenvalue weighted by Crippen LogP contribution is -2.28. The van der Waals surface area contributed by atoms with Crippen LogP contribution in [-0.2, 0) is 17.6 Å². The smallest absolute Gasteiger partial charge is 0.230 e. The summed E-state index contributed by atoms with van der Waals surface area (Å²) < 4.78 is 2.01. The topological polar surface area (TPSA) is 59.8 Å². The second-order valence-corrected chi connectivity index (χ2v) is 8.56. The molecule has 1 aromatic heterocycles. The number of halogens is 1. The molecule has 2 aromatic carbocycles. The molecule has 0 saturated heterocycles. The van der Waals surface area contributed by atoms with Crippen LogP contribution in [0.25, 0.3) is 5.69 Å². The van der Waals surface area contributed by atoms with Gasteiger partial charge < -0.3 is 5.32 Å². The van der Waals surface area contributed by atoms with Crippen LogP contribution in [0.2, 0.25) is 5.02 Å². The van der Waals surface area contributed by atoms with Crippen LogP contribution in [0.1, 0.15) is 25.2 Å². The van der Waals surface area contributed by atoms with Crippen molar-refractivity contribution in [2.75, 3.05) is 12.3 Å². The molecule has 7 heteroatoms. The summed E-state index contributed by atoms with van der Waals surface area (Å²) in [5, 5.41) is 13.1. The van der Waals surface area contributed by atoms with Crippen LogP contribution in [0, 0.1) is 5.92 Å². The first kappa shape index (κ1) is 21.4. The molecule has 0 fully saturated rings. The Labute approximate surface area is 180 Å². The minimum Gasteiger partial charge on any atom is -0.355 e. The van der Waals surface area contributed by atoms with E-state index in [4.69, 9.17) is 11.6 Å². The standard InChI is InChI=1S/C22H25ClN4OS/c1-16(2)14-24-21(28)15-29-22-26-25-20(13-8-17-6-4-3-5-7-17)27(22)19-11-9-18(23)10-12-19/h3-7,9-12,16H,8,13-15H2,1-2H3,(H,24,28). The van der Waals surface area contributed by atoms with E-state index in [9.17, 15) is 4.79 Å². The fourth-order valence-electron chi connectivity index (χ4n) is 2.81. The Morgan fingerprint density at radius 1 is 1.07 bits per heavy atom. The van der Waals surface area contributed by atoms with Gasteiger partial charge in [0.1, 0.15) is 5.82 Å². The number of hydrogen-bond donors (Lipinski definition) is 1. The molecule has 0 aliphatic heterocycles. The Hall–Kier alpha value is -2.31. The molecule has 0 unspecified atom stereocenters.